The van der Waals surface area contributed by atoms with E-state index in [-0.39, 0.29) is 11.8 Å². The number of carbonyl (C=O) groups excluding carboxylic acids is 1. The van der Waals surface area contributed by atoms with Crippen molar-refractivity contribution in [3.8, 4) is 0 Å². The molecule has 2 unspecified atom stereocenters. The highest BCUT2D eigenvalue weighted by Gasteiger charge is 2.36. The van der Waals surface area contributed by atoms with Crippen molar-refractivity contribution in [2.75, 3.05) is 6.54 Å². The maximum atomic E-state index is 11.9. The molecule has 5 heteroatoms. The van der Waals surface area contributed by atoms with Crippen molar-refractivity contribution in [2.45, 2.75) is 18.9 Å². The first-order chi connectivity index (χ1) is 9.51. The number of hydrogen-bond acceptors (Lipinski definition) is 2. The van der Waals surface area contributed by atoms with Crippen molar-refractivity contribution < 1.29 is 14.7 Å². The van der Waals surface area contributed by atoms with Gasteiger partial charge in [0.2, 0.25) is 5.91 Å². The summed E-state index contributed by atoms with van der Waals surface area (Å²) < 4.78 is 0.942. The van der Waals surface area contributed by atoms with E-state index in [1.807, 2.05) is 24.3 Å². The van der Waals surface area contributed by atoms with Crippen molar-refractivity contribution >= 4 is 27.8 Å². The Bertz CT molecular complexity index is 526. The van der Waals surface area contributed by atoms with Gasteiger partial charge in [0.15, 0.2) is 0 Å². The number of halogens is 1. The van der Waals surface area contributed by atoms with Gasteiger partial charge in [-0.2, -0.15) is 0 Å². The Morgan fingerprint density at radius 1 is 1.50 bits per heavy atom. The first kappa shape index (κ1) is 14.8. The Morgan fingerprint density at radius 2 is 2.15 bits per heavy atom. The lowest BCUT2D eigenvalue weighted by Crippen LogP contribution is -2.43. The zero-order chi connectivity index (χ0) is 14.7. The maximum absolute atomic E-state index is 11.9. The van der Waals surface area contributed by atoms with Crippen molar-refractivity contribution in [2.24, 2.45) is 5.92 Å². The van der Waals surface area contributed by atoms with Crippen molar-refractivity contribution in [3.63, 3.8) is 0 Å². The third kappa shape index (κ3) is 3.28. The minimum atomic E-state index is -0.967. The summed E-state index contributed by atoms with van der Waals surface area (Å²) >= 11 is 3.34. The van der Waals surface area contributed by atoms with Crippen LogP contribution in [-0.2, 0) is 16.0 Å². The second-order valence-electron chi connectivity index (χ2n) is 4.93. The van der Waals surface area contributed by atoms with E-state index in [9.17, 15) is 14.7 Å². The molecular weight excluding hydrogens is 322 g/mol. The SMILES string of the molecule is C=CC1CC(=O)N(C(Cc2ccc(Br)cc2)C(=O)O)C1. The smallest absolute Gasteiger partial charge is 0.326 e. The molecule has 1 aliphatic heterocycles. The van der Waals surface area contributed by atoms with Crippen LogP contribution in [0.1, 0.15) is 12.0 Å². The van der Waals surface area contributed by atoms with Gasteiger partial charge >= 0.3 is 5.97 Å². The molecule has 0 spiro atoms. The lowest BCUT2D eigenvalue weighted by atomic mass is 10.0. The second-order valence-corrected chi connectivity index (χ2v) is 5.85. The Morgan fingerprint density at radius 3 is 2.65 bits per heavy atom. The van der Waals surface area contributed by atoms with E-state index >= 15 is 0 Å². The number of rotatable bonds is 5. The van der Waals surface area contributed by atoms with Crippen LogP contribution < -0.4 is 0 Å². The molecule has 1 aliphatic rings. The lowest BCUT2D eigenvalue weighted by Gasteiger charge is -2.24. The van der Waals surface area contributed by atoms with Gasteiger partial charge in [0, 0.05) is 29.8 Å². The average molecular weight is 338 g/mol. The van der Waals surface area contributed by atoms with Crippen molar-refractivity contribution in [1.82, 2.24) is 4.90 Å². The highest BCUT2D eigenvalue weighted by atomic mass is 79.9. The monoisotopic (exact) mass is 337 g/mol. The number of nitrogens with zero attached hydrogens (tertiary/aromatic N) is 1. The average Bonchev–Trinajstić information content (AvgIpc) is 2.79. The van der Waals surface area contributed by atoms with Gasteiger partial charge in [0.25, 0.3) is 0 Å². The molecule has 2 rings (SSSR count). The molecule has 1 amide bonds. The van der Waals surface area contributed by atoms with Crippen LogP contribution in [0.5, 0.6) is 0 Å². The summed E-state index contributed by atoms with van der Waals surface area (Å²) in [4.78, 5) is 24.9. The highest BCUT2D eigenvalue weighted by Crippen LogP contribution is 2.23. The van der Waals surface area contributed by atoms with Gasteiger partial charge in [-0.05, 0) is 17.7 Å². The Labute approximate surface area is 126 Å². The molecule has 1 aromatic rings. The minimum Gasteiger partial charge on any atom is -0.480 e. The number of carboxylic acids is 1. The van der Waals surface area contributed by atoms with E-state index in [1.165, 1.54) is 4.90 Å². The largest absolute Gasteiger partial charge is 0.480 e. The number of aliphatic carboxylic acids is 1. The fourth-order valence-corrected chi connectivity index (χ4v) is 2.66. The predicted octanol–water partition coefficient (Wildman–Crippen LogP) is 2.48. The summed E-state index contributed by atoms with van der Waals surface area (Å²) in [7, 11) is 0. The zero-order valence-corrected chi connectivity index (χ0v) is 12.5. The van der Waals surface area contributed by atoms with E-state index in [2.05, 4.69) is 22.5 Å². The van der Waals surface area contributed by atoms with Gasteiger partial charge < -0.3 is 10.0 Å². The zero-order valence-electron chi connectivity index (χ0n) is 11.0. The van der Waals surface area contributed by atoms with Crippen LogP contribution >= 0.6 is 15.9 Å². The molecular formula is C15H16BrNO3. The third-order valence-electron chi connectivity index (χ3n) is 3.53. The third-order valence-corrected chi connectivity index (χ3v) is 4.05. The molecule has 0 radical (unpaired) electrons. The van der Waals surface area contributed by atoms with Crippen LogP contribution in [0.3, 0.4) is 0 Å². The Kier molecular flexibility index (Phi) is 4.60. The van der Waals surface area contributed by atoms with Crippen molar-refractivity contribution in [3.05, 3.63) is 47.0 Å². The number of hydrogen-bond donors (Lipinski definition) is 1. The first-order valence-corrected chi connectivity index (χ1v) is 7.20. The molecule has 0 aromatic heterocycles. The van der Waals surface area contributed by atoms with E-state index in [1.54, 1.807) is 6.08 Å². The van der Waals surface area contributed by atoms with E-state index < -0.39 is 12.0 Å². The minimum absolute atomic E-state index is 0.0502. The fraction of sp³-hybridized carbons (Fsp3) is 0.333. The number of benzene rings is 1. The first-order valence-electron chi connectivity index (χ1n) is 6.40. The Balaban J connectivity index is 2.15. The summed E-state index contributed by atoms with van der Waals surface area (Å²) in [6.07, 6.45) is 2.39. The molecule has 1 fully saturated rings. The van der Waals surface area contributed by atoms with E-state index in [0.29, 0.717) is 19.4 Å². The molecule has 0 aliphatic carbocycles. The van der Waals surface area contributed by atoms with Crippen molar-refractivity contribution in [1.29, 1.82) is 0 Å². The van der Waals surface area contributed by atoms with Crippen LogP contribution in [0.4, 0.5) is 0 Å². The molecule has 1 N–H and O–H groups in total. The molecule has 0 saturated carbocycles. The second kappa shape index (κ2) is 6.22. The van der Waals surface area contributed by atoms with Gasteiger partial charge in [-0.25, -0.2) is 4.79 Å². The number of carboxylic acid groups (broad SMARTS) is 1. The van der Waals surface area contributed by atoms with E-state index in [0.717, 1.165) is 10.0 Å². The molecule has 1 saturated heterocycles. The molecule has 2 atom stereocenters. The van der Waals surface area contributed by atoms with Crippen LogP contribution in [0, 0.1) is 5.92 Å². The number of likely N-dealkylation sites (tertiary alicyclic amines) is 1. The van der Waals surface area contributed by atoms with Crippen LogP contribution in [0.15, 0.2) is 41.4 Å². The van der Waals surface area contributed by atoms with Gasteiger partial charge in [-0.15, -0.1) is 6.58 Å². The summed E-state index contributed by atoms with van der Waals surface area (Å²) in [6.45, 7) is 4.12. The lowest BCUT2D eigenvalue weighted by molar-refractivity contribution is -0.148. The van der Waals surface area contributed by atoms with Gasteiger partial charge in [0.1, 0.15) is 6.04 Å². The van der Waals surface area contributed by atoms with Gasteiger partial charge in [0.05, 0.1) is 0 Å². The van der Waals surface area contributed by atoms with Gasteiger partial charge in [-0.1, -0.05) is 34.1 Å². The topological polar surface area (TPSA) is 57.6 Å². The van der Waals surface area contributed by atoms with E-state index in [4.69, 9.17) is 0 Å². The van der Waals surface area contributed by atoms with Gasteiger partial charge in [-0.3, -0.25) is 4.79 Å². The molecule has 4 nitrogen and oxygen atoms in total. The predicted molar refractivity (Wildman–Crippen MR) is 79.3 cm³/mol. The summed E-state index contributed by atoms with van der Waals surface area (Å²) in [6, 6.07) is 6.66. The summed E-state index contributed by atoms with van der Waals surface area (Å²) in [5.41, 5.74) is 0.899. The summed E-state index contributed by atoms with van der Waals surface area (Å²) in [5.74, 6) is -1.03. The highest BCUT2D eigenvalue weighted by molar-refractivity contribution is 9.10. The van der Waals surface area contributed by atoms with Crippen LogP contribution in [0.25, 0.3) is 0 Å². The van der Waals surface area contributed by atoms with Crippen LogP contribution in [-0.4, -0.2) is 34.5 Å². The molecule has 0 bridgehead atoms. The molecule has 1 heterocycles. The quantitative estimate of drug-likeness (QED) is 0.839. The number of amides is 1. The summed E-state index contributed by atoms with van der Waals surface area (Å²) in [5, 5.41) is 9.40. The maximum Gasteiger partial charge on any atom is 0.326 e. The molecule has 20 heavy (non-hydrogen) atoms. The molecule has 1 aromatic carbocycles. The fourth-order valence-electron chi connectivity index (χ4n) is 2.39. The standard InChI is InChI=1S/C15H16BrNO3/c1-2-10-8-14(18)17(9-10)13(15(19)20)7-11-3-5-12(16)6-4-11/h2-6,10,13H,1,7-9H2,(H,19,20). The Hall–Kier alpha value is -1.62. The van der Waals surface area contributed by atoms with Crippen LogP contribution in [0.2, 0.25) is 0 Å². The normalized spacial score (nSPS) is 19.9. The number of carbonyl (C=O) groups is 2. The molecule has 106 valence electrons.